The molecule has 0 aliphatic heterocycles. The number of nitrogens with one attached hydrogen (secondary N) is 1. The monoisotopic (exact) mass is 444 g/mol. The molecular weight excluding hydrogens is 412 g/mol. The molecule has 3 aromatic carbocycles. The summed E-state index contributed by atoms with van der Waals surface area (Å²) in [6.45, 7) is 4.49. The van der Waals surface area contributed by atoms with E-state index in [0.29, 0.717) is 13.1 Å². The maximum Gasteiger partial charge on any atom is 0.242 e. The number of rotatable bonds is 10. The first-order valence-electron chi connectivity index (χ1n) is 11.3. The Bertz CT molecular complexity index is 998. The van der Waals surface area contributed by atoms with E-state index in [-0.39, 0.29) is 24.2 Å². The number of benzene rings is 3. The van der Waals surface area contributed by atoms with Gasteiger partial charge in [0.25, 0.3) is 0 Å². The third-order valence-electron chi connectivity index (χ3n) is 5.79. The van der Waals surface area contributed by atoms with E-state index < -0.39 is 6.04 Å². The van der Waals surface area contributed by atoms with Gasteiger partial charge in [0.05, 0.1) is 7.11 Å². The molecule has 0 spiro atoms. The van der Waals surface area contributed by atoms with Crippen LogP contribution in [0.25, 0.3) is 0 Å². The van der Waals surface area contributed by atoms with Crippen molar-refractivity contribution in [3.63, 3.8) is 0 Å². The average Bonchev–Trinajstić information content (AvgIpc) is 2.86. The minimum Gasteiger partial charge on any atom is -0.497 e. The molecule has 5 nitrogen and oxygen atoms in total. The van der Waals surface area contributed by atoms with Gasteiger partial charge in [0.15, 0.2) is 0 Å². The van der Waals surface area contributed by atoms with E-state index in [1.807, 2.05) is 91.9 Å². The predicted molar refractivity (Wildman–Crippen MR) is 131 cm³/mol. The molecule has 0 unspecified atom stereocenters. The van der Waals surface area contributed by atoms with E-state index in [9.17, 15) is 9.59 Å². The molecule has 0 aliphatic carbocycles. The molecule has 3 aromatic rings. The van der Waals surface area contributed by atoms with E-state index in [1.165, 1.54) is 0 Å². The maximum atomic E-state index is 13.7. The second-order valence-electron chi connectivity index (χ2n) is 8.02. The average molecular weight is 445 g/mol. The van der Waals surface area contributed by atoms with Gasteiger partial charge in [-0.1, -0.05) is 72.8 Å². The molecule has 172 valence electrons. The maximum absolute atomic E-state index is 13.7. The third kappa shape index (κ3) is 6.45. The molecule has 1 N–H and O–H groups in total. The number of likely N-dealkylation sites (N-methyl/N-ethyl adjacent to an activating group) is 1. The van der Waals surface area contributed by atoms with Gasteiger partial charge in [-0.2, -0.15) is 0 Å². The van der Waals surface area contributed by atoms with Crippen molar-refractivity contribution in [2.45, 2.75) is 38.8 Å². The zero-order valence-corrected chi connectivity index (χ0v) is 19.5. The summed E-state index contributed by atoms with van der Waals surface area (Å²) in [6.07, 6.45) is 0.266. The number of hydrogen-bond acceptors (Lipinski definition) is 3. The Balaban J connectivity index is 1.92. The minimum atomic E-state index is -0.601. The highest BCUT2D eigenvalue weighted by molar-refractivity contribution is 5.87. The molecule has 0 saturated heterocycles. The van der Waals surface area contributed by atoms with Crippen molar-refractivity contribution in [1.29, 1.82) is 0 Å². The molecular formula is C28H32N2O3. The van der Waals surface area contributed by atoms with Crippen LogP contribution in [-0.4, -0.2) is 36.4 Å². The Labute approximate surface area is 196 Å². The van der Waals surface area contributed by atoms with Gasteiger partial charge in [-0.3, -0.25) is 9.59 Å². The fraction of sp³-hybridized carbons (Fsp3) is 0.286. The summed E-state index contributed by atoms with van der Waals surface area (Å²) in [5, 5.41) is 2.85. The molecule has 3 rings (SSSR count). The summed E-state index contributed by atoms with van der Waals surface area (Å²) in [5.41, 5.74) is 3.06. The Morgan fingerprint density at radius 3 is 2.06 bits per heavy atom. The van der Waals surface area contributed by atoms with Gasteiger partial charge in [-0.15, -0.1) is 0 Å². The van der Waals surface area contributed by atoms with Crippen LogP contribution in [0, 0.1) is 0 Å². The molecule has 5 heteroatoms. The van der Waals surface area contributed by atoms with Gasteiger partial charge in [-0.05, 0) is 42.7 Å². The Kier molecular flexibility index (Phi) is 8.64. The zero-order valence-electron chi connectivity index (χ0n) is 19.5. The predicted octanol–water partition coefficient (Wildman–Crippen LogP) is 4.77. The Hall–Kier alpha value is -3.60. The SMILES string of the molecule is CCNC(=O)[C@@H](C)N(Cc1cccc(OC)c1)C(=O)CC(c1ccccc1)c1ccccc1. The van der Waals surface area contributed by atoms with Gasteiger partial charge < -0.3 is 15.0 Å². The lowest BCUT2D eigenvalue weighted by Crippen LogP contribution is -2.47. The second-order valence-corrected chi connectivity index (χ2v) is 8.02. The summed E-state index contributed by atoms with van der Waals surface area (Å²) in [6, 6.07) is 27.1. The van der Waals surface area contributed by atoms with Gasteiger partial charge in [-0.25, -0.2) is 0 Å². The quantitative estimate of drug-likeness (QED) is 0.490. The summed E-state index contributed by atoms with van der Waals surface area (Å²) >= 11 is 0. The molecule has 0 fully saturated rings. The number of ether oxygens (including phenoxy) is 1. The second kappa shape index (κ2) is 11.9. The Morgan fingerprint density at radius 1 is 0.909 bits per heavy atom. The largest absolute Gasteiger partial charge is 0.497 e. The van der Waals surface area contributed by atoms with Crippen molar-refractivity contribution >= 4 is 11.8 Å². The lowest BCUT2D eigenvalue weighted by Gasteiger charge is -2.30. The first kappa shape index (κ1) is 24.1. The van der Waals surface area contributed by atoms with E-state index in [0.717, 1.165) is 22.4 Å². The van der Waals surface area contributed by atoms with E-state index >= 15 is 0 Å². The van der Waals surface area contributed by atoms with Crippen molar-refractivity contribution in [1.82, 2.24) is 10.2 Å². The standard InChI is InChI=1S/C28H32N2O3/c1-4-29-28(32)21(2)30(20-22-12-11-17-25(18-22)33-3)27(31)19-26(23-13-7-5-8-14-23)24-15-9-6-10-16-24/h5-18,21,26H,4,19-20H2,1-3H3,(H,29,32)/t21-/m1/s1. The molecule has 0 aliphatic rings. The van der Waals surface area contributed by atoms with Gasteiger partial charge in [0.1, 0.15) is 11.8 Å². The topological polar surface area (TPSA) is 58.6 Å². The number of hydrogen-bond donors (Lipinski definition) is 1. The zero-order chi connectivity index (χ0) is 23.6. The minimum absolute atomic E-state index is 0.0747. The van der Waals surface area contributed by atoms with Crippen LogP contribution in [0.2, 0.25) is 0 Å². The lowest BCUT2D eigenvalue weighted by atomic mass is 9.88. The molecule has 0 bridgehead atoms. The normalized spacial score (nSPS) is 11.6. The number of amides is 2. The lowest BCUT2D eigenvalue weighted by molar-refractivity contribution is -0.140. The molecule has 2 amide bonds. The smallest absolute Gasteiger partial charge is 0.242 e. The number of carbonyl (C=O) groups is 2. The number of nitrogens with zero attached hydrogens (tertiary/aromatic N) is 1. The fourth-order valence-corrected chi connectivity index (χ4v) is 3.96. The van der Waals surface area contributed by atoms with Crippen LogP contribution < -0.4 is 10.1 Å². The van der Waals surface area contributed by atoms with Crippen molar-refractivity contribution in [3.05, 3.63) is 102 Å². The summed E-state index contributed by atoms with van der Waals surface area (Å²) in [7, 11) is 1.61. The van der Waals surface area contributed by atoms with Gasteiger partial charge >= 0.3 is 0 Å². The highest BCUT2D eigenvalue weighted by Crippen LogP contribution is 2.29. The number of carbonyl (C=O) groups excluding carboxylic acids is 2. The molecule has 0 radical (unpaired) electrons. The first-order valence-corrected chi connectivity index (χ1v) is 11.3. The first-order chi connectivity index (χ1) is 16.0. The molecule has 0 saturated carbocycles. The van der Waals surface area contributed by atoms with Crippen LogP contribution in [0.1, 0.15) is 42.9 Å². The highest BCUT2D eigenvalue weighted by Gasteiger charge is 2.28. The van der Waals surface area contributed by atoms with Crippen molar-refractivity contribution in [2.75, 3.05) is 13.7 Å². The van der Waals surface area contributed by atoms with Crippen LogP contribution in [0.15, 0.2) is 84.9 Å². The summed E-state index contributed by atoms with van der Waals surface area (Å²) < 4.78 is 5.34. The van der Waals surface area contributed by atoms with Crippen molar-refractivity contribution in [2.24, 2.45) is 0 Å². The molecule has 0 heterocycles. The third-order valence-corrected chi connectivity index (χ3v) is 5.79. The van der Waals surface area contributed by atoms with Gasteiger partial charge in [0, 0.05) is 25.4 Å². The fourth-order valence-electron chi connectivity index (χ4n) is 3.96. The summed E-state index contributed by atoms with van der Waals surface area (Å²) in [4.78, 5) is 28.1. The molecule has 1 atom stereocenters. The molecule has 0 aromatic heterocycles. The van der Waals surface area contributed by atoms with Gasteiger partial charge in [0.2, 0.25) is 11.8 Å². The van der Waals surface area contributed by atoms with E-state index in [2.05, 4.69) is 5.32 Å². The van der Waals surface area contributed by atoms with Crippen LogP contribution in [0.5, 0.6) is 5.75 Å². The van der Waals surface area contributed by atoms with Crippen LogP contribution >= 0.6 is 0 Å². The Morgan fingerprint density at radius 2 is 1.52 bits per heavy atom. The molecule has 33 heavy (non-hydrogen) atoms. The van der Waals surface area contributed by atoms with Crippen molar-refractivity contribution in [3.8, 4) is 5.75 Å². The van der Waals surface area contributed by atoms with Crippen LogP contribution in [-0.2, 0) is 16.1 Å². The summed E-state index contributed by atoms with van der Waals surface area (Å²) in [5.74, 6) is 0.380. The highest BCUT2D eigenvalue weighted by atomic mass is 16.5. The van der Waals surface area contributed by atoms with E-state index in [1.54, 1.807) is 18.9 Å². The number of methoxy groups -OCH3 is 1. The van der Waals surface area contributed by atoms with E-state index in [4.69, 9.17) is 4.74 Å². The van der Waals surface area contributed by atoms with Crippen LogP contribution in [0.3, 0.4) is 0 Å². The van der Waals surface area contributed by atoms with Crippen LogP contribution in [0.4, 0.5) is 0 Å². The van der Waals surface area contributed by atoms with Crippen molar-refractivity contribution < 1.29 is 14.3 Å².